The zero-order chi connectivity index (χ0) is 20.9. The van der Waals surface area contributed by atoms with Crippen molar-refractivity contribution >= 4 is 9.84 Å². The van der Waals surface area contributed by atoms with Gasteiger partial charge < -0.3 is 14.3 Å². The number of rotatable bonds is 5. The maximum atomic E-state index is 11.8. The van der Waals surface area contributed by atoms with Crippen LogP contribution in [-0.2, 0) is 22.2 Å². The summed E-state index contributed by atoms with van der Waals surface area (Å²) in [6, 6.07) is 17.7. The molecule has 2 aromatic carbocycles. The topological polar surface area (TPSA) is 93.8 Å². The Balaban J connectivity index is 1.69. The highest BCUT2D eigenvalue weighted by Gasteiger charge is 2.16. The highest BCUT2D eigenvalue weighted by molar-refractivity contribution is 7.89. The third-order valence-electron chi connectivity index (χ3n) is 3.80. The molecule has 6 nitrogen and oxygen atoms in total. The van der Waals surface area contributed by atoms with E-state index in [4.69, 9.17) is 9.15 Å². The van der Waals surface area contributed by atoms with E-state index in [1.54, 1.807) is 24.3 Å². The van der Waals surface area contributed by atoms with Crippen molar-refractivity contribution < 1.29 is 22.7 Å². The quantitative estimate of drug-likeness (QED) is 0.650. The van der Waals surface area contributed by atoms with E-state index in [2.05, 4.69) is 11.8 Å². The van der Waals surface area contributed by atoms with E-state index in [9.17, 15) is 18.3 Å². The first-order chi connectivity index (χ1) is 13.8. The molecule has 148 valence electrons. The molecule has 0 fully saturated rings. The van der Waals surface area contributed by atoms with Gasteiger partial charge in [-0.05, 0) is 36.4 Å². The summed E-state index contributed by atoms with van der Waals surface area (Å²) >= 11 is 0. The monoisotopic (exact) mass is 410 g/mol. The van der Waals surface area contributed by atoms with Gasteiger partial charge >= 0.3 is 0 Å². The fraction of sp³-hybridized carbons (Fsp3) is 0.136. The van der Waals surface area contributed by atoms with E-state index < -0.39 is 26.8 Å². The molecule has 0 amide bonds. The smallest absolute Gasteiger partial charge is 0.227 e. The Kier molecular flexibility index (Phi) is 6.05. The molecular weight excluding hydrogens is 392 g/mol. The summed E-state index contributed by atoms with van der Waals surface area (Å²) in [5.41, 5.74) is 1.01. The van der Waals surface area contributed by atoms with Crippen LogP contribution in [0, 0.1) is 11.8 Å². The van der Waals surface area contributed by atoms with Crippen molar-refractivity contribution in [2.24, 2.45) is 0 Å². The first-order valence-electron chi connectivity index (χ1n) is 8.63. The highest BCUT2D eigenvalue weighted by atomic mass is 32.2. The van der Waals surface area contributed by atoms with Gasteiger partial charge in [0.05, 0.1) is 0 Å². The predicted molar refractivity (Wildman–Crippen MR) is 108 cm³/mol. The maximum Gasteiger partial charge on any atom is 0.227 e. The molecule has 1 aromatic heterocycles. The lowest BCUT2D eigenvalue weighted by Crippen LogP contribution is -2.10. The van der Waals surface area contributed by atoms with Gasteiger partial charge in [0.15, 0.2) is 15.6 Å². The molecule has 0 spiro atoms. The van der Waals surface area contributed by atoms with Crippen LogP contribution in [0.4, 0.5) is 0 Å². The second kappa shape index (κ2) is 8.67. The Hall–Kier alpha value is -3.50. The summed E-state index contributed by atoms with van der Waals surface area (Å²) in [5.74, 6) is 5.17. The maximum absolute atomic E-state index is 11.8. The Bertz CT molecular complexity index is 1210. The molecule has 0 aliphatic heterocycles. The fourth-order valence-electron chi connectivity index (χ4n) is 2.45. The van der Waals surface area contributed by atoms with E-state index in [0.717, 1.165) is 23.4 Å². The molecule has 0 aliphatic carbocycles. The molecule has 0 radical (unpaired) electrons. The molecule has 29 heavy (non-hydrogen) atoms. The average molecular weight is 410 g/mol. The van der Waals surface area contributed by atoms with Gasteiger partial charge in [0.25, 0.3) is 0 Å². The van der Waals surface area contributed by atoms with Gasteiger partial charge in [-0.3, -0.25) is 4.79 Å². The zero-order valence-electron chi connectivity index (χ0n) is 15.6. The molecule has 1 N–H and O–H groups in total. The first-order valence-corrected chi connectivity index (χ1v) is 10.7. The van der Waals surface area contributed by atoms with Crippen LogP contribution in [0.25, 0.3) is 0 Å². The molecule has 7 heteroatoms. The van der Waals surface area contributed by atoms with E-state index in [0.29, 0.717) is 5.75 Å². The summed E-state index contributed by atoms with van der Waals surface area (Å²) < 4.78 is 33.7. The average Bonchev–Trinajstić information content (AvgIpc) is 2.69. The van der Waals surface area contributed by atoms with Crippen LogP contribution in [0.3, 0.4) is 0 Å². The third kappa shape index (κ3) is 5.99. The van der Waals surface area contributed by atoms with E-state index in [-0.39, 0.29) is 18.1 Å². The molecule has 1 heterocycles. The standard InChI is InChI=1S/C22H18O6S/c1-29(25,26)15-21-22(24)20(23)13-19(28-21)14-27-18-11-9-17(10-12-18)8-7-16-5-3-2-4-6-16/h2-6,9-13,24H,14-15H2,1H3. The highest BCUT2D eigenvalue weighted by Crippen LogP contribution is 2.19. The van der Waals surface area contributed by atoms with Crippen molar-refractivity contribution in [2.75, 3.05) is 6.26 Å². The second-order valence-electron chi connectivity index (χ2n) is 6.35. The minimum atomic E-state index is -3.48. The molecule has 3 rings (SSSR count). The molecule has 0 unspecified atom stereocenters. The molecule has 0 saturated heterocycles. The molecule has 3 aromatic rings. The molecular formula is C22H18O6S. The van der Waals surface area contributed by atoms with Crippen molar-refractivity contribution in [1.29, 1.82) is 0 Å². The molecule has 0 aliphatic rings. The number of hydrogen-bond donors (Lipinski definition) is 1. The van der Waals surface area contributed by atoms with Gasteiger partial charge in [0.2, 0.25) is 11.2 Å². The van der Waals surface area contributed by atoms with Gasteiger partial charge in [-0.25, -0.2) is 8.42 Å². The van der Waals surface area contributed by atoms with E-state index >= 15 is 0 Å². The Morgan fingerprint density at radius 3 is 2.24 bits per heavy atom. The summed E-state index contributed by atoms with van der Waals surface area (Å²) in [5, 5.41) is 9.71. The summed E-state index contributed by atoms with van der Waals surface area (Å²) in [7, 11) is -3.48. The lowest BCUT2D eigenvalue weighted by atomic mass is 10.2. The van der Waals surface area contributed by atoms with Crippen molar-refractivity contribution in [1.82, 2.24) is 0 Å². The fourth-order valence-corrected chi connectivity index (χ4v) is 3.12. The van der Waals surface area contributed by atoms with Crippen LogP contribution < -0.4 is 10.2 Å². The SMILES string of the molecule is CS(=O)(=O)Cc1oc(COc2ccc(C#Cc3ccccc3)cc2)cc(=O)c1O. The van der Waals surface area contributed by atoms with Gasteiger partial charge in [-0.1, -0.05) is 30.0 Å². The third-order valence-corrected chi connectivity index (χ3v) is 4.58. The molecule has 0 bridgehead atoms. The summed E-state index contributed by atoms with van der Waals surface area (Å²) in [4.78, 5) is 11.8. The van der Waals surface area contributed by atoms with Gasteiger partial charge in [0, 0.05) is 23.4 Å². The summed E-state index contributed by atoms with van der Waals surface area (Å²) in [6.07, 6.45) is 0.984. The van der Waals surface area contributed by atoms with Crippen LogP contribution in [0.1, 0.15) is 22.6 Å². The van der Waals surface area contributed by atoms with Crippen LogP contribution in [-0.4, -0.2) is 19.8 Å². The Labute approximate surface area is 168 Å². The lowest BCUT2D eigenvalue weighted by molar-refractivity contribution is 0.258. The second-order valence-corrected chi connectivity index (χ2v) is 8.49. The number of benzene rings is 2. The number of hydrogen-bond acceptors (Lipinski definition) is 6. The normalized spacial score (nSPS) is 10.8. The van der Waals surface area contributed by atoms with E-state index in [1.165, 1.54) is 0 Å². The Morgan fingerprint density at radius 2 is 1.62 bits per heavy atom. The van der Waals surface area contributed by atoms with Crippen molar-refractivity contribution in [2.45, 2.75) is 12.4 Å². The first kappa shape index (κ1) is 20.2. The van der Waals surface area contributed by atoms with Gasteiger partial charge in [-0.15, -0.1) is 0 Å². The van der Waals surface area contributed by atoms with Crippen LogP contribution in [0.5, 0.6) is 11.5 Å². The Morgan fingerprint density at radius 1 is 1.00 bits per heavy atom. The van der Waals surface area contributed by atoms with Crippen LogP contribution >= 0.6 is 0 Å². The minimum absolute atomic E-state index is 0.0959. The lowest BCUT2D eigenvalue weighted by Gasteiger charge is -2.08. The van der Waals surface area contributed by atoms with Crippen molar-refractivity contribution in [3.8, 4) is 23.3 Å². The zero-order valence-corrected chi connectivity index (χ0v) is 16.4. The van der Waals surface area contributed by atoms with Crippen LogP contribution in [0.2, 0.25) is 0 Å². The van der Waals surface area contributed by atoms with Gasteiger partial charge in [0.1, 0.15) is 23.9 Å². The van der Waals surface area contributed by atoms with Crippen molar-refractivity contribution in [3.05, 3.63) is 93.5 Å². The number of sulfone groups is 1. The van der Waals surface area contributed by atoms with Crippen LogP contribution in [0.15, 0.2) is 69.9 Å². The predicted octanol–water partition coefficient (Wildman–Crippen LogP) is 2.87. The number of ether oxygens (including phenoxy) is 1. The van der Waals surface area contributed by atoms with E-state index in [1.807, 2.05) is 30.3 Å². The minimum Gasteiger partial charge on any atom is -0.502 e. The summed E-state index contributed by atoms with van der Waals surface area (Å²) in [6.45, 7) is -0.0959. The molecule has 0 atom stereocenters. The largest absolute Gasteiger partial charge is 0.502 e. The molecule has 0 saturated carbocycles. The number of aromatic hydroxyl groups is 1. The van der Waals surface area contributed by atoms with Gasteiger partial charge in [-0.2, -0.15) is 0 Å². The van der Waals surface area contributed by atoms with Crippen molar-refractivity contribution in [3.63, 3.8) is 0 Å².